The number of nitrogens with zero attached hydrogens (tertiary/aromatic N) is 1. The Labute approximate surface area is 333 Å². The number of aliphatic hydroxyl groups excluding tert-OH is 2. The number of hydrogen-bond acceptors (Lipinski definition) is 12. The first kappa shape index (κ1) is 47.7. The molecule has 0 bridgehead atoms. The zero-order valence-electron chi connectivity index (χ0n) is 32.6. The topological polar surface area (TPSA) is 344 Å². The number of carbonyl (C=O) groups excluding carboxylic acids is 8. The van der Waals surface area contributed by atoms with Crippen LogP contribution in [0.4, 0.5) is 5.69 Å². The number of aliphatic hydroxyl groups is 2. The zero-order chi connectivity index (χ0) is 43.9. The van der Waals surface area contributed by atoms with Crippen molar-refractivity contribution in [2.24, 2.45) is 17.4 Å². The zero-order valence-corrected chi connectivity index (χ0v) is 32.6. The van der Waals surface area contributed by atoms with E-state index in [-0.39, 0.29) is 30.5 Å². The second-order valence-corrected chi connectivity index (χ2v) is 13.9. The van der Waals surface area contributed by atoms with Gasteiger partial charge < -0.3 is 53.6 Å². The van der Waals surface area contributed by atoms with Gasteiger partial charge in [0.2, 0.25) is 41.4 Å². The molecule has 8 atom stereocenters. The molecular formula is C37H51N9O12. The van der Waals surface area contributed by atoms with Crippen molar-refractivity contribution in [2.45, 2.75) is 102 Å². The van der Waals surface area contributed by atoms with E-state index in [0.29, 0.717) is 5.56 Å². The van der Waals surface area contributed by atoms with Crippen molar-refractivity contribution in [3.63, 3.8) is 0 Å². The van der Waals surface area contributed by atoms with E-state index in [1.54, 1.807) is 18.2 Å². The number of nitrogens with two attached hydrogens (primary N) is 2. The average molecular weight is 814 g/mol. The van der Waals surface area contributed by atoms with Crippen LogP contribution in [0, 0.1) is 16.0 Å². The summed E-state index contributed by atoms with van der Waals surface area (Å²) < 4.78 is 0. The maximum absolute atomic E-state index is 13.5. The highest BCUT2D eigenvalue weighted by molar-refractivity contribution is 5.99. The molecule has 8 amide bonds. The van der Waals surface area contributed by atoms with E-state index in [1.807, 2.05) is 0 Å². The molecule has 0 radical (unpaired) electrons. The van der Waals surface area contributed by atoms with Crippen molar-refractivity contribution in [1.29, 1.82) is 0 Å². The third-order valence-electron chi connectivity index (χ3n) is 8.71. The second kappa shape index (κ2) is 22.3. The number of amides is 8. The molecule has 316 valence electrons. The quantitative estimate of drug-likeness (QED) is 0.0438. The molecule has 0 aromatic heterocycles. The van der Waals surface area contributed by atoms with Gasteiger partial charge in [-0.25, -0.2) is 0 Å². The number of hydrogen-bond donors (Lipinski definition) is 10. The first-order valence-electron chi connectivity index (χ1n) is 18.2. The van der Waals surface area contributed by atoms with E-state index >= 15 is 0 Å². The number of nitro benzene ring substituents is 1. The van der Waals surface area contributed by atoms with Crippen molar-refractivity contribution in [1.82, 2.24) is 31.9 Å². The SMILES string of the molecule is CC(C)C(NC(=O)C(NC(=O)[C@H](C)NC(=O)[C@H](CCC(N)=O)NC(=O)c1ccccc1)[C@H](C)O)C(=O)NC(C(=O)N[C@@H](Cc1ccc([N+](=O)[O-])cc1)C(N)=O)[C@H](C)O. The van der Waals surface area contributed by atoms with Crippen LogP contribution in [0.5, 0.6) is 0 Å². The fourth-order valence-corrected chi connectivity index (χ4v) is 5.35. The summed E-state index contributed by atoms with van der Waals surface area (Å²) in [7, 11) is 0. The molecule has 2 rings (SSSR count). The Balaban J connectivity index is 2.14. The monoisotopic (exact) mass is 813 g/mol. The summed E-state index contributed by atoms with van der Waals surface area (Å²) in [5.74, 6) is -7.86. The minimum absolute atomic E-state index is 0.181. The number of carbonyl (C=O) groups is 8. The number of non-ortho nitro benzene ring substituents is 1. The van der Waals surface area contributed by atoms with Gasteiger partial charge in [-0.2, -0.15) is 0 Å². The van der Waals surface area contributed by atoms with Crippen LogP contribution in [-0.4, -0.2) is 111 Å². The Hall–Kier alpha value is -6.48. The van der Waals surface area contributed by atoms with E-state index in [4.69, 9.17) is 11.5 Å². The predicted octanol–water partition coefficient (Wildman–Crippen LogP) is -2.45. The molecule has 0 saturated heterocycles. The lowest BCUT2D eigenvalue weighted by Crippen LogP contribution is -2.63. The first-order valence-corrected chi connectivity index (χ1v) is 18.2. The Morgan fingerprint density at radius 1 is 0.638 bits per heavy atom. The van der Waals surface area contributed by atoms with Crippen LogP contribution in [0.1, 0.15) is 63.4 Å². The molecule has 0 aliphatic carbocycles. The predicted molar refractivity (Wildman–Crippen MR) is 206 cm³/mol. The number of primary amides is 2. The van der Waals surface area contributed by atoms with Gasteiger partial charge in [-0.05, 0) is 50.8 Å². The largest absolute Gasteiger partial charge is 0.391 e. The standard InChI is InChI=1S/C37H51N9O12/c1-18(2)28(35(54)45-29(20(4)47)36(55)42-26(31(39)50)17-22-11-13-24(14-12-22)46(57)58)43-37(56)30(21(5)48)44-32(51)19(3)40-34(53)25(15-16-27(38)49)41-33(52)23-9-7-6-8-10-23/h6-14,18-21,25-26,28-30,47-48H,15-17H2,1-5H3,(H2,38,49)(H2,39,50)(H,40,53)(H,41,52)(H,42,55)(H,43,56)(H,44,51)(H,45,54)/t19-,20-,21-,25-,26-,28?,29?,30?/m0/s1. The van der Waals surface area contributed by atoms with Crippen molar-refractivity contribution in [2.75, 3.05) is 0 Å². The van der Waals surface area contributed by atoms with Crippen molar-refractivity contribution in [3.05, 3.63) is 75.8 Å². The molecule has 0 heterocycles. The van der Waals surface area contributed by atoms with Crippen molar-refractivity contribution < 1.29 is 53.5 Å². The third-order valence-corrected chi connectivity index (χ3v) is 8.71. The van der Waals surface area contributed by atoms with Gasteiger partial charge >= 0.3 is 0 Å². The Morgan fingerprint density at radius 3 is 1.62 bits per heavy atom. The lowest BCUT2D eigenvalue weighted by atomic mass is 10.0. The first-order chi connectivity index (χ1) is 27.1. The van der Waals surface area contributed by atoms with Crippen molar-refractivity contribution in [3.8, 4) is 0 Å². The maximum atomic E-state index is 13.5. The molecule has 3 unspecified atom stereocenters. The highest BCUT2D eigenvalue weighted by Crippen LogP contribution is 2.14. The highest BCUT2D eigenvalue weighted by Gasteiger charge is 2.36. The number of nitrogens with one attached hydrogen (secondary N) is 6. The van der Waals surface area contributed by atoms with E-state index < -0.39 is 107 Å². The minimum Gasteiger partial charge on any atom is -0.391 e. The molecule has 0 spiro atoms. The van der Waals surface area contributed by atoms with Crippen LogP contribution in [0.15, 0.2) is 54.6 Å². The number of nitro groups is 1. The number of benzene rings is 2. The third kappa shape index (κ3) is 14.9. The van der Waals surface area contributed by atoms with Gasteiger partial charge in [-0.15, -0.1) is 0 Å². The van der Waals surface area contributed by atoms with Crippen LogP contribution in [-0.2, 0) is 40.0 Å². The summed E-state index contributed by atoms with van der Waals surface area (Å²) >= 11 is 0. The second-order valence-electron chi connectivity index (χ2n) is 13.9. The van der Waals surface area contributed by atoms with E-state index in [1.165, 1.54) is 71.0 Å². The maximum Gasteiger partial charge on any atom is 0.269 e. The van der Waals surface area contributed by atoms with Gasteiger partial charge in [-0.1, -0.05) is 44.2 Å². The van der Waals surface area contributed by atoms with E-state index in [9.17, 15) is 58.7 Å². The van der Waals surface area contributed by atoms with Crippen LogP contribution in [0.2, 0.25) is 0 Å². The summed E-state index contributed by atoms with van der Waals surface area (Å²) in [5.41, 5.74) is 11.1. The molecule has 21 heteroatoms. The van der Waals surface area contributed by atoms with Crippen LogP contribution < -0.4 is 43.4 Å². The molecule has 21 nitrogen and oxygen atoms in total. The van der Waals surface area contributed by atoms with Gasteiger partial charge in [0.1, 0.15) is 36.3 Å². The Kier molecular flexibility index (Phi) is 18.3. The normalized spacial score (nSPS) is 15.1. The highest BCUT2D eigenvalue weighted by atomic mass is 16.6. The summed E-state index contributed by atoms with van der Waals surface area (Å²) in [6.45, 7) is 6.69. The fraction of sp³-hybridized carbons (Fsp3) is 0.459. The Bertz CT molecular complexity index is 1810. The van der Waals surface area contributed by atoms with Gasteiger partial charge in [0.15, 0.2) is 0 Å². The Morgan fingerprint density at radius 2 is 1.14 bits per heavy atom. The molecule has 2 aromatic rings. The summed E-state index contributed by atoms with van der Waals surface area (Å²) in [6, 6.07) is 4.24. The summed E-state index contributed by atoms with van der Waals surface area (Å²) in [5, 5.41) is 46.1. The van der Waals surface area contributed by atoms with E-state index in [2.05, 4.69) is 31.9 Å². The molecular weight excluding hydrogens is 762 g/mol. The fourth-order valence-electron chi connectivity index (χ4n) is 5.35. The molecule has 0 saturated carbocycles. The van der Waals surface area contributed by atoms with Crippen LogP contribution in [0.25, 0.3) is 0 Å². The lowest BCUT2D eigenvalue weighted by molar-refractivity contribution is -0.384. The van der Waals surface area contributed by atoms with Crippen LogP contribution >= 0.6 is 0 Å². The van der Waals surface area contributed by atoms with Crippen molar-refractivity contribution >= 4 is 52.9 Å². The molecule has 0 aliphatic heterocycles. The molecule has 12 N–H and O–H groups in total. The molecule has 0 aliphatic rings. The van der Waals surface area contributed by atoms with E-state index in [0.717, 1.165) is 0 Å². The molecule has 2 aromatic carbocycles. The smallest absolute Gasteiger partial charge is 0.269 e. The average Bonchev–Trinajstić information content (AvgIpc) is 3.15. The van der Waals surface area contributed by atoms with Gasteiger partial charge in [0, 0.05) is 30.5 Å². The molecule has 58 heavy (non-hydrogen) atoms. The summed E-state index contributed by atoms with van der Waals surface area (Å²) in [4.78, 5) is 113. The molecule has 0 fully saturated rings. The summed E-state index contributed by atoms with van der Waals surface area (Å²) in [6.07, 6.45) is -3.74. The number of rotatable bonds is 22. The van der Waals surface area contributed by atoms with Gasteiger partial charge in [0.25, 0.3) is 11.6 Å². The minimum atomic E-state index is -1.68. The lowest BCUT2D eigenvalue weighted by Gasteiger charge is -2.29. The van der Waals surface area contributed by atoms with Crippen LogP contribution in [0.3, 0.4) is 0 Å². The van der Waals surface area contributed by atoms with Gasteiger partial charge in [0.05, 0.1) is 17.1 Å². The van der Waals surface area contributed by atoms with Gasteiger partial charge in [-0.3, -0.25) is 48.5 Å².